The van der Waals surface area contributed by atoms with Gasteiger partial charge in [-0.15, -0.1) is 0 Å². The van der Waals surface area contributed by atoms with Crippen molar-refractivity contribution >= 4 is 20.4 Å². The van der Waals surface area contributed by atoms with E-state index in [9.17, 15) is 43.5 Å². The molecule has 1 aromatic rings. The second-order valence-electron chi connectivity index (χ2n) is 11.8. The summed E-state index contributed by atoms with van der Waals surface area (Å²) in [6, 6.07) is 6.19. The van der Waals surface area contributed by atoms with Gasteiger partial charge in [0.2, 0.25) is 0 Å². The normalized spacial score (nSPS) is 27.2. The van der Waals surface area contributed by atoms with Gasteiger partial charge in [-0.25, -0.2) is 8.37 Å². The second-order valence-corrected chi connectivity index (χ2v) is 16.7. The van der Waals surface area contributed by atoms with Crippen LogP contribution in [0.3, 0.4) is 0 Å². The second kappa shape index (κ2) is 9.72. The molecule has 0 radical (unpaired) electrons. The fourth-order valence-electron chi connectivity index (χ4n) is 5.87. The molecule has 3 fully saturated rings. The van der Waals surface area contributed by atoms with E-state index < -0.39 is 55.7 Å². The largest absolute Gasteiger partial charge is 0.461 e. The van der Waals surface area contributed by atoms with Crippen molar-refractivity contribution in [3.8, 4) is 0 Å². The Morgan fingerprint density at radius 2 is 1.38 bits per heavy atom. The van der Waals surface area contributed by atoms with Gasteiger partial charge in [0, 0.05) is 22.3 Å². The maximum absolute atomic E-state index is 14.8. The molecule has 0 aromatic heterocycles. The number of hydrogen-bond acceptors (Lipinski definition) is 4. The minimum Gasteiger partial charge on any atom is -0.245 e. The zero-order valence-corrected chi connectivity index (χ0v) is 23.3. The van der Waals surface area contributed by atoms with E-state index >= 15 is 0 Å². The predicted octanol–water partition coefficient (Wildman–Crippen LogP) is 8.07. The molecule has 1 saturated heterocycles. The van der Waals surface area contributed by atoms with E-state index in [1.54, 1.807) is 12.1 Å². The zero-order chi connectivity index (χ0) is 29.3. The summed E-state index contributed by atoms with van der Waals surface area (Å²) in [6.07, 6.45) is -11.4. The lowest BCUT2D eigenvalue weighted by Gasteiger charge is -2.39. The number of ether oxygens (including phenoxy) is 1. The number of fused-ring (bicyclic) bond motifs is 2. The fraction of sp³-hybridized carbons (Fsp3) is 0.760. The van der Waals surface area contributed by atoms with E-state index in [4.69, 9.17) is 3.63 Å². The minimum absolute atomic E-state index is 0.0535. The average Bonchev–Trinajstić information content (AvgIpc) is 3.55. The maximum Gasteiger partial charge on any atom is 0.461 e. The Morgan fingerprint density at radius 1 is 0.821 bits per heavy atom. The molecule has 2 bridgehead atoms. The standard InChI is InChI=1S/C25H32F8O4S2/c1-21(2,3)18-8-10-19(11-9-18)38(12-4-5-13-38)37-39(34,35)25(32,33)24(30,31)36-23(28,29)22(26,27)20-15-16-6-7-17(20)14-16/h8-11,16-17,20H,4-7,12-15H2,1-3H3/t16-,17+,20-/m1/s1. The molecule has 1 heterocycles. The van der Waals surface area contributed by atoms with E-state index in [0.29, 0.717) is 19.3 Å². The van der Waals surface area contributed by atoms with Crippen molar-refractivity contribution in [2.24, 2.45) is 17.8 Å². The quantitative estimate of drug-likeness (QED) is 0.265. The summed E-state index contributed by atoms with van der Waals surface area (Å²) in [5.74, 6) is -8.56. The number of alkyl halides is 8. The van der Waals surface area contributed by atoms with E-state index in [-0.39, 0.29) is 47.0 Å². The Balaban J connectivity index is 1.59. The molecule has 0 amide bonds. The Morgan fingerprint density at radius 3 is 1.85 bits per heavy atom. The summed E-state index contributed by atoms with van der Waals surface area (Å²) in [5, 5.41) is -6.39. The average molecular weight is 613 g/mol. The van der Waals surface area contributed by atoms with Gasteiger partial charge in [-0.3, -0.25) is 0 Å². The summed E-state index contributed by atoms with van der Waals surface area (Å²) in [6.45, 7) is 5.71. The molecular weight excluding hydrogens is 580 g/mol. The Bertz CT molecular complexity index is 1160. The molecule has 4 rings (SSSR count). The van der Waals surface area contributed by atoms with Gasteiger partial charge in [0.25, 0.3) is 0 Å². The van der Waals surface area contributed by atoms with Crippen LogP contribution in [0, 0.1) is 17.8 Å². The molecule has 4 nitrogen and oxygen atoms in total. The first-order chi connectivity index (χ1) is 17.7. The van der Waals surface area contributed by atoms with Crippen molar-refractivity contribution in [1.29, 1.82) is 0 Å². The maximum atomic E-state index is 14.8. The zero-order valence-electron chi connectivity index (χ0n) is 21.7. The lowest BCUT2D eigenvalue weighted by atomic mass is 9.83. The monoisotopic (exact) mass is 612 g/mol. The van der Waals surface area contributed by atoms with Crippen LogP contribution in [0.5, 0.6) is 0 Å². The minimum atomic E-state index is -6.64. The van der Waals surface area contributed by atoms with Crippen molar-refractivity contribution in [3.63, 3.8) is 0 Å². The highest BCUT2D eigenvalue weighted by molar-refractivity contribution is 8.33. The molecule has 39 heavy (non-hydrogen) atoms. The van der Waals surface area contributed by atoms with Crippen molar-refractivity contribution in [1.82, 2.24) is 0 Å². The van der Waals surface area contributed by atoms with Gasteiger partial charge in [0.1, 0.15) is 0 Å². The number of halogens is 8. The van der Waals surface area contributed by atoms with Crippen LogP contribution in [0.1, 0.15) is 64.9 Å². The van der Waals surface area contributed by atoms with E-state index in [1.165, 1.54) is 12.1 Å². The fourth-order valence-corrected chi connectivity index (χ4v) is 11.4. The van der Waals surface area contributed by atoms with Gasteiger partial charge in [-0.05, 0) is 67.1 Å². The smallest absolute Gasteiger partial charge is 0.245 e. The van der Waals surface area contributed by atoms with E-state index in [2.05, 4.69) is 4.74 Å². The van der Waals surface area contributed by atoms with Crippen molar-refractivity contribution < 1.29 is 51.9 Å². The lowest BCUT2D eigenvalue weighted by molar-refractivity contribution is -0.463. The summed E-state index contributed by atoms with van der Waals surface area (Å²) < 4.78 is 150. The van der Waals surface area contributed by atoms with Gasteiger partial charge < -0.3 is 0 Å². The molecule has 2 aliphatic carbocycles. The van der Waals surface area contributed by atoms with Gasteiger partial charge in [-0.1, -0.05) is 49.6 Å². The summed E-state index contributed by atoms with van der Waals surface area (Å²) in [7, 11) is -9.73. The lowest BCUT2D eigenvalue weighted by Crippen LogP contribution is -2.58. The Kier molecular flexibility index (Phi) is 7.69. The first-order valence-corrected chi connectivity index (χ1v) is 16.0. The third-order valence-electron chi connectivity index (χ3n) is 8.07. The Hall–Kier alpha value is -1.12. The molecule has 0 N–H and O–H groups in total. The first-order valence-electron chi connectivity index (χ1n) is 12.7. The van der Waals surface area contributed by atoms with Crippen molar-refractivity contribution in [2.75, 3.05) is 11.5 Å². The highest BCUT2D eigenvalue weighted by atomic mass is 32.3. The summed E-state index contributed by atoms with van der Waals surface area (Å²) in [5.41, 5.74) is 0.520. The first kappa shape index (κ1) is 30.8. The van der Waals surface area contributed by atoms with Crippen molar-refractivity contribution in [3.05, 3.63) is 29.8 Å². The van der Waals surface area contributed by atoms with Crippen LogP contribution in [0.2, 0.25) is 0 Å². The van der Waals surface area contributed by atoms with Crippen LogP contribution in [0.4, 0.5) is 35.1 Å². The highest BCUT2D eigenvalue weighted by Gasteiger charge is 2.76. The van der Waals surface area contributed by atoms with Crippen molar-refractivity contribution in [2.45, 2.75) is 93.0 Å². The Labute approximate surface area is 224 Å². The van der Waals surface area contributed by atoms with Gasteiger partial charge in [0.05, 0.1) is 0 Å². The third-order valence-corrected chi connectivity index (χ3v) is 13.7. The molecule has 1 aliphatic heterocycles. The van der Waals surface area contributed by atoms with Crippen LogP contribution in [0.15, 0.2) is 29.2 Å². The predicted molar refractivity (Wildman–Crippen MR) is 130 cm³/mol. The molecule has 224 valence electrons. The van der Waals surface area contributed by atoms with Crippen LogP contribution >= 0.6 is 10.3 Å². The highest BCUT2D eigenvalue weighted by Crippen LogP contribution is 2.65. The van der Waals surface area contributed by atoms with Crippen LogP contribution in [-0.2, 0) is 23.9 Å². The SMILES string of the molecule is CC(C)(C)c1ccc(S2(OS(=O)(=O)C(F)(F)C(F)(F)OC(F)(F)C(F)(F)[C@@H]3C[C@@H]4CC[C@H]3C4)CCCC2)cc1. The van der Waals surface area contributed by atoms with Crippen LogP contribution in [0.25, 0.3) is 0 Å². The molecule has 14 heteroatoms. The molecule has 0 unspecified atom stereocenters. The van der Waals surface area contributed by atoms with Gasteiger partial charge in [-0.2, -0.15) is 43.5 Å². The van der Waals surface area contributed by atoms with Crippen LogP contribution < -0.4 is 0 Å². The molecule has 3 atom stereocenters. The molecule has 1 aromatic carbocycles. The van der Waals surface area contributed by atoms with Gasteiger partial charge >= 0.3 is 33.5 Å². The van der Waals surface area contributed by atoms with E-state index in [1.807, 2.05) is 20.8 Å². The summed E-state index contributed by atoms with van der Waals surface area (Å²) >= 11 is 0. The van der Waals surface area contributed by atoms with E-state index in [0.717, 1.165) is 5.56 Å². The molecular formula is C25H32F8O4S2. The topological polar surface area (TPSA) is 52.6 Å². The molecule has 0 spiro atoms. The number of benzene rings is 1. The van der Waals surface area contributed by atoms with Crippen LogP contribution in [-0.4, -0.2) is 43.3 Å². The molecule has 3 aliphatic rings. The molecule has 2 saturated carbocycles. The number of rotatable bonds is 9. The third kappa shape index (κ3) is 5.31. The van der Waals surface area contributed by atoms with Gasteiger partial charge in [0.15, 0.2) is 0 Å². The number of hydrogen-bond donors (Lipinski definition) is 0. The summed E-state index contributed by atoms with van der Waals surface area (Å²) in [4.78, 5) is 0.199.